The van der Waals surface area contributed by atoms with E-state index in [1.54, 1.807) is 0 Å². The molecule has 0 radical (unpaired) electrons. The van der Waals surface area contributed by atoms with Crippen molar-refractivity contribution in [1.29, 1.82) is 0 Å². The molecule has 0 N–H and O–H groups in total. The number of rotatable bonds is 11. The van der Waals surface area contributed by atoms with Crippen LogP contribution in [0.5, 0.6) is 11.5 Å². The lowest BCUT2D eigenvalue weighted by atomic mass is 9.77. The maximum atomic E-state index is 6.58. The first-order chi connectivity index (χ1) is 25.0. The second-order valence-corrected chi connectivity index (χ2v) is 15.9. The zero-order chi connectivity index (χ0) is 36.7. The number of nitrogens with zero attached hydrogens (tertiary/aromatic N) is 4. The van der Waals surface area contributed by atoms with Crippen LogP contribution in [0, 0.1) is 18.8 Å². The molecule has 266 valence electrons. The smallest absolute Gasteiger partial charge is 0.137 e. The van der Waals surface area contributed by atoms with Crippen LogP contribution >= 0.6 is 0 Å². The van der Waals surface area contributed by atoms with Crippen LogP contribution < -0.4 is 4.74 Å². The van der Waals surface area contributed by atoms with E-state index in [4.69, 9.17) is 14.8 Å². The van der Waals surface area contributed by atoms with Crippen LogP contribution in [-0.2, 0) is 12.8 Å². The molecule has 0 fully saturated rings. The molecule has 0 spiro atoms. The summed E-state index contributed by atoms with van der Waals surface area (Å²) in [6.45, 7) is 20.8. The van der Waals surface area contributed by atoms with E-state index in [0.29, 0.717) is 23.7 Å². The fourth-order valence-electron chi connectivity index (χ4n) is 8.00. The minimum atomic E-state index is 0.396. The summed E-state index contributed by atoms with van der Waals surface area (Å²) in [6, 6.07) is 29.7. The van der Waals surface area contributed by atoms with Crippen LogP contribution in [0.3, 0.4) is 0 Å². The first kappa shape index (κ1) is 35.3. The van der Waals surface area contributed by atoms with Crippen molar-refractivity contribution < 1.29 is 4.74 Å². The number of pyridine rings is 1. The van der Waals surface area contributed by atoms with Gasteiger partial charge in [-0.05, 0) is 119 Å². The lowest BCUT2D eigenvalue weighted by Gasteiger charge is -2.27. The first-order valence-corrected chi connectivity index (χ1v) is 19.0. The van der Waals surface area contributed by atoms with Gasteiger partial charge in [0.25, 0.3) is 0 Å². The molecule has 52 heavy (non-hydrogen) atoms. The maximum absolute atomic E-state index is 6.58. The van der Waals surface area contributed by atoms with Gasteiger partial charge in [-0.1, -0.05) is 85.7 Å². The van der Waals surface area contributed by atoms with Crippen molar-refractivity contribution >= 4 is 21.8 Å². The van der Waals surface area contributed by atoms with Gasteiger partial charge >= 0.3 is 0 Å². The van der Waals surface area contributed by atoms with Crippen LogP contribution in [0.4, 0.5) is 0 Å². The minimum Gasteiger partial charge on any atom is -0.457 e. The highest BCUT2D eigenvalue weighted by Crippen LogP contribution is 2.42. The van der Waals surface area contributed by atoms with Gasteiger partial charge < -0.3 is 4.74 Å². The highest BCUT2D eigenvalue weighted by Gasteiger charge is 2.25. The van der Waals surface area contributed by atoms with Crippen molar-refractivity contribution in [1.82, 2.24) is 19.3 Å². The molecule has 7 aromatic rings. The Morgan fingerprint density at radius 2 is 1.33 bits per heavy atom. The van der Waals surface area contributed by atoms with Crippen LogP contribution in [0.25, 0.3) is 44.4 Å². The third-order valence-electron chi connectivity index (χ3n) is 9.95. The average molecular weight is 689 g/mol. The second kappa shape index (κ2) is 14.5. The summed E-state index contributed by atoms with van der Waals surface area (Å²) >= 11 is 0. The van der Waals surface area contributed by atoms with E-state index >= 15 is 0 Å². The predicted octanol–water partition coefficient (Wildman–Crippen LogP) is 12.8. The molecule has 0 saturated carbocycles. The molecule has 0 amide bonds. The Morgan fingerprint density at radius 1 is 0.654 bits per heavy atom. The molecule has 0 unspecified atom stereocenters. The molecule has 4 aromatic carbocycles. The van der Waals surface area contributed by atoms with Crippen molar-refractivity contribution in [2.75, 3.05) is 0 Å². The molecular formula is C47H52N4O. The zero-order valence-electron chi connectivity index (χ0n) is 32.2. The van der Waals surface area contributed by atoms with Gasteiger partial charge in [0.2, 0.25) is 0 Å². The van der Waals surface area contributed by atoms with Gasteiger partial charge in [0.15, 0.2) is 0 Å². The largest absolute Gasteiger partial charge is 0.457 e. The maximum Gasteiger partial charge on any atom is 0.137 e. The second-order valence-electron chi connectivity index (χ2n) is 15.9. The summed E-state index contributed by atoms with van der Waals surface area (Å²) in [6.07, 6.45) is 8.30. The molecule has 5 nitrogen and oxygen atoms in total. The van der Waals surface area contributed by atoms with E-state index in [-0.39, 0.29) is 0 Å². The van der Waals surface area contributed by atoms with Crippen molar-refractivity contribution in [3.63, 3.8) is 0 Å². The van der Waals surface area contributed by atoms with Gasteiger partial charge in [-0.2, -0.15) is 5.10 Å². The summed E-state index contributed by atoms with van der Waals surface area (Å²) in [7, 11) is 0. The average Bonchev–Trinajstić information content (AvgIpc) is 3.71. The Kier molecular flexibility index (Phi) is 9.80. The van der Waals surface area contributed by atoms with E-state index in [0.717, 1.165) is 46.9 Å². The van der Waals surface area contributed by atoms with Gasteiger partial charge in [0, 0.05) is 40.9 Å². The Labute approximate surface area is 309 Å². The summed E-state index contributed by atoms with van der Waals surface area (Å²) in [5, 5.41) is 7.32. The van der Waals surface area contributed by atoms with Crippen molar-refractivity contribution in [3.05, 3.63) is 131 Å². The van der Waals surface area contributed by atoms with Crippen LogP contribution in [0.15, 0.2) is 104 Å². The summed E-state index contributed by atoms with van der Waals surface area (Å²) < 4.78 is 10.8. The first-order valence-electron chi connectivity index (χ1n) is 19.0. The normalized spacial score (nSPS) is 12.0. The number of ether oxygens (including phenoxy) is 1. The van der Waals surface area contributed by atoms with Crippen molar-refractivity contribution in [2.24, 2.45) is 11.8 Å². The van der Waals surface area contributed by atoms with Crippen molar-refractivity contribution in [3.8, 4) is 34.1 Å². The monoisotopic (exact) mass is 688 g/mol. The summed E-state index contributed by atoms with van der Waals surface area (Å²) in [5.41, 5.74) is 12.8. The van der Waals surface area contributed by atoms with E-state index in [1.165, 1.54) is 49.7 Å². The Balaban J connectivity index is 1.28. The Hall–Kier alpha value is -5.16. The van der Waals surface area contributed by atoms with Crippen LogP contribution in [0.2, 0.25) is 0 Å². The molecule has 5 heteroatoms. The lowest BCUT2D eigenvalue weighted by molar-refractivity contribution is 0.483. The molecule has 7 rings (SSSR count). The fraction of sp³-hybridized carbons (Fsp3) is 0.319. The van der Waals surface area contributed by atoms with E-state index in [1.807, 2.05) is 29.1 Å². The third kappa shape index (κ3) is 6.89. The molecule has 0 aliphatic heterocycles. The number of aromatic nitrogens is 4. The van der Waals surface area contributed by atoms with Crippen LogP contribution in [0.1, 0.15) is 95.0 Å². The standard InChI is InChI=1S/C47H52N4O/c1-29(2)21-34-24-35(22-30(3)4)46(32(7)8)47(45(34)31(5)6)36-27-49-50(28-36)37-13-12-14-38(25-37)52-39-17-18-41-40-15-10-11-16-42(40)51(43(41)26-39)44-23-33(9)19-20-48-44/h10-20,23-32H,21-22H2,1-9H3. The summed E-state index contributed by atoms with van der Waals surface area (Å²) in [4.78, 5) is 4.74. The van der Waals surface area contributed by atoms with Gasteiger partial charge in [-0.25, -0.2) is 9.67 Å². The Bertz CT molecular complexity index is 2330. The van der Waals surface area contributed by atoms with Gasteiger partial charge in [0.1, 0.15) is 17.3 Å². The molecular weight excluding hydrogens is 637 g/mol. The van der Waals surface area contributed by atoms with Gasteiger partial charge in [-0.15, -0.1) is 0 Å². The molecule has 0 aliphatic carbocycles. The molecule has 0 aliphatic rings. The number of hydrogen-bond donors (Lipinski definition) is 0. The number of fused-ring (bicyclic) bond motifs is 3. The predicted molar refractivity (Wildman–Crippen MR) is 218 cm³/mol. The molecule has 0 saturated heterocycles. The number of aryl methyl sites for hydroxylation is 1. The fourth-order valence-corrected chi connectivity index (χ4v) is 8.00. The Morgan fingerprint density at radius 3 is 2.00 bits per heavy atom. The molecule has 3 heterocycles. The van der Waals surface area contributed by atoms with Crippen LogP contribution in [-0.4, -0.2) is 19.3 Å². The molecule has 3 aromatic heterocycles. The van der Waals surface area contributed by atoms with E-state index in [9.17, 15) is 0 Å². The van der Waals surface area contributed by atoms with Crippen molar-refractivity contribution in [2.45, 2.75) is 87.0 Å². The topological polar surface area (TPSA) is 44.9 Å². The minimum absolute atomic E-state index is 0.396. The number of para-hydroxylation sites is 1. The number of benzene rings is 4. The third-order valence-corrected chi connectivity index (χ3v) is 9.95. The van der Waals surface area contributed by atoms with E-state index in [2.05, 4.69) is 146 Å². The summed E-state index contributed by atoms with van der Waals surface area (Å²) in [5.74, 6) is 4.37. The molecule has 0 bridgehead atoms. The lowest BCUT2D eigenvalue weighted by Crippen LogP contribution is -2.11. The van der Waals surface area contributed by atoms with Gasteiger partial charge in [0.05, 0.1) is 22.9 Å². The SMILES string of the molecule is Cc1ccnc(-n2c3ccccc3c3ccc(Oc4cccc(-n5cc(-c6c(C(C)C)c(CC(C)C)cc(CC(C)C)c6C(C)C)cn5)c4)cc32)c1. The van der Waals surface area contributed by atoms with E-state index < -0.39 is 0 Å². The van der Waals surface area contributed by atoms with Gasteiger partial charge in [-0.3, -0.25) is 4.57 Å². The highest BCUT2D eigenvalue weighted by atomic mass is 16.5. The zero-order valence-corrected chi connectivity index (χ0v) is 32.2. The highest BCUT2D eigenvalue weighted by molar-refractivity contribution is 6.09. The molecule has 0 atom stereocenters. The quantitative estimate of drug-likeness (QED) is 0.136. The number of hydrogen-bond acceptors (Lipinski definition) is 3.